The van der Waals surface area contributed by atoms with Gasteiger partial charge in [-0.3, -0.25) is 4.90 Å². The van der Waals surface area contributed by atoms with Crippen molar-refractivity contribution in [3.05, 3.63) is 49.1 Å². The maximum atomic E-state index is 14.9. The van der Waals surface area contributed by atoms with Gasteiger partial charge in [0, 0.05) is 48.1 Å². The quantitative estimate of drug-likeness (QED) is 0.712. The van der Waals surface area contributed by atoms with Crippen LogP contribution in [0.25, 0.3) is 16.9 Å². The van der Waals surface area contributed by atoms with Crippen molar-refractivity contribution < 1.29 is 14.2 Å². The van der Waals surface area contributed by atoms with E-state index in [1.165, 1.54) is 0 Å². The number of halogens is 1. The molecule has 2 aliphatic heterocycles. The Bertz CT molecular complexity index is 1040. The zero-order valence-corrected chi connectivity index (χ0v) is 16.9. The van der Waals surface area contributed by atoms with Crippen molar-refractivity contribution in [2.45, 2.75) is 50.0 Å². The number of benzene rings is 1. The van der Waals surface area contributed by atoms with Crippen LogP contribution in [0, 0.1) is 0 Å². The number of imidazole rings is 1. The molecular formula is C22H24FN5O2. The van der Waals surface area contributed by atoms with Gasteiger partial charge in [-0.05, 0) is 45.0 Å². The average Bonchev–Trinajstić information content (AvgIpc) is 3.34. The first kappa shape index (κ1) is 19.0. The van der Waals surface area contributed by atoms with E-state index in [0.717, 1.165) is 18.5 Å². The molecule has 2 saturated heterocycles. The Labute approximate surface area is 174 Å². The first-order chi connectivity index (χ1) is 14.4. The van der Waals surface area contributed by atoms with Gasteiger partial charge in [0.1, 0.15) is 11.9 Å². The number of piperidine rings is 1. The Balaban J connectivity index is 1.33. The van der Waals surface area contributed by atoms with Gasteiger partial charge < -0.3 is 14.4 Å². The molecule has 7 nitrogen and oxygen atoms in total. The molecule has 2 aliphatic rings. The van der Waals surface area contributed by atoms with Crippen LogP contribution in [0.4, 0.5) is 4.39 Å². The first-order valence-corrected chi connectivity index (χ1v) is 10.1. The molecule has 0 radical (unpaired) electrons. The summed E-state index contributed by atoms with van der Waals surface area (Å²) in [5.41, 5.74) is 1.84. The number of ether oxygens (including phenoxy) is 1. The minimum absolute atomic E-state index is 0.0337. The molecule has 2 aromatic heterocycles. The lowest BCUT2D eigenvalue weighted by Gasteiger charge is -2.45. The van der Waals surface area contributed by atoms with Crippen molar-refractivity contribution in [2.75, 3.05) is 7.05 Å². The standard InChI is InChI=1S/C22H24FN5O2/c1-22-8-7-17(27(22)2)21(23)19(12-22)30-20-6-5-16(25-26-20)15-4-3-14(11-18(15)29)28-10-9-24-13-28/h3-6,9-11,13,17,19,21,29H,7-8,12H2,1-2H3/t17?,19-,21+,22-/m1/s1. The smallest absolute Gasteiger partial charge is 0.233 e. The van der Waals surface area contributed by atoms with Gasteiger partial charge in [0.25, 0.3) is 0 Å². The van der Waals surface area contributed by atoms with Gasteiger partial charge in [0.2, 0.25) is 5.88 Å². The van der Waals surface area contributed by atoms with Crippen LogP contribution in [0.15, 0.2) is 49.1 Å². The average molecular weight is 409 g/mol. The van der Waals surface area contributed by atoms with Crippen LogP contribution >= 0.6 is 0 Å². The van der Waals surface area contributed by atoms with E-state index in [1.807, 2.05) is 13.1 Å². The Morgan fingerprint density at radius 2 is 2.10 bits per heavy atom. The summed E-state index contributed by atoms with van der Waals surface area (Å²) in [6.45, 7) is 2.17. The molecule has 8 heteroatoms. The third kappa shape index (κ3) is 3.11. The van der Waals surface area contributed by atoms with Crippen molar-refractivity contribution >= 4 is 0 Å². The molecule has 0 spiro atoms. The molecule has 1 N–H and O–H groups in total. The summed E-state index contributed by atoms with van der Waals surface area (Å²) in [4.78, 5) is 6.16. The molecule has 0 aliphatic carbocycles. The molecule has 0 saturated carbocycles. The summed E-state index contributed by atoms with van der Waals surface area (Å²) in [5.74, 6) is 0.390. The lowest BCUT2D eigenvalue weighted by atomic mass is 9.88. The van der Waals surface area contributed by atoms with Crippen LogP contribution in [-0.2, 0) is 0 Å². The zero-order valence-electron chi connectivity index (χ0n) is 16.9. The minimum Gasteiger partial charge on any atom is -0.507 e. The Hall–Kier alpha value is -3.00. The predicted molar refractivity (Wildman–Crippen MR) is 109 cm³/mol. The highest BCUT2D eigenvalue weighted by Gasteiger charge is 2.53. The summed E-state index contributed by atoms with van der Waals surface area (Å²) in [7, 11) is 2.00. The van der Waals surface area contributed by atoms with Gasteiger partial charge >= 0.3 is 0 Å². The van der Waals surface area contributed by atoms with Crippen LogP contribution in [0.5, 0.6) is 11.6 Å². The second kappa shape index (κ2) is 7.05. The number of rotatable bonds is 4. The monoisotopic (exact) mass is 409 g/mol. The largest absolute Gasteiger partial charge is 0.507 e. The van der Waals surface area contributed by atoms with E-state index < -0.39 is 12.3 Å². The highest BCUT2D eigenvalue weighted by Crippen LogP contribution is 2.44. The molecule has 0 amide bonds. The Kier molecular flexibility index (Phi) is 4.47. The van der Waals surface area contributed by atoms with E-state index in [0.29, 0.717) is 23.6 Å². The van der Waals surface area contributed by atoms with Crippen molar-refractivity contribution in [2.24, 2.45) is 0 Å². The molecule has 1 aromatic carbocycles. The van der Waals surface area contributed by atoms with Gasteiger partial charge in [-0.15, -0.1) is 10.2 Å². The fraction of sp³-hybridized carbons (Fsp3) is 0.409. The fourth-order valence-corrected chi connectivity index (χ4v) is 4.74. The second-order valence-corrected chi connectivity index (χ2v) is 8.45. The lowest BCUT2D eigenvalue weighted by molar-refractivity contribution is -0.0456. The number of fused-ring (bicyclic) bond motifs is 2. The van der Waals surface area contributed by atoms with Crippen molar-refractivity contribution in [1.82, 2.24) is 24.6 Å². The summed E-state index contributed by atoms with van der Waals surface area (Å²) in [5, 5.41) is 18.8. The lowest BCUT2D eigenvalue weighted by Crippen LogP contribution is -2.57. The van der Waals surface area contributed by atoms with Gasteiger partial charge in [0.15, 0.2) is 6.17 Å². The molecule has 2 fully saturated rings. The summed E-state index contributed by atoms with van der Waals surface area (Å²) < 4.78 is 22.6. The molecule has 1 unspecified atom stereocenters. The van der Waals surface area contributed by atoms with Crippen molar-refractivity contribution in [1.29, 1.82) is 0 Å². The SMILES string of the molecule is CN1C2CC[C@]1(C)C[C@@H](Oc1ccc(-c3ccc(-n4ccnc4)cc3O)nn1)[C@H]2F. The Morgan fingerprint density at radius 3 is 2.80 bits per heavy atom. The van der Waals surface area contributed by atoms with Crippen molar-refractivity contribution in [3.63, 3.8) is 0 Å². The Morgan fingerprint density at radius 1 is 1.23 bits per heavy atom. The van der Waals surface area contributed by atoms with Crippen LogP contribution in [0.2, 0.25) is 0 Å². The third-order valence-corrected chi connectivity index (χ3v) is 6.66. The number of hydrogen-bond acceptors (Lipinski definition) is 6. The number of phenolic OH excluding ortho intramolecular Hbond substituents is 1. The number of nitrogens with zero attached hydrogens (tertiary/aromatic N) is 5. The number of aromatic hydroxyl groups is 1. The van der Waals surface area contributed by atoms with E-state index in [-0.39, 0.29) is 17.3 Å². The number of phenols is 1. The number of aromatic nitrogens is 4. The molecule has 5 rings (SSSR count). The molecule has 30 heavy (non-hydrogen) atoms. The van der Waals surface area contributed by atoms with E-state index >= 15 is 0 Å². The summed E-state index contributed by atoms with van der Waals surface area (Å²) in [6.07, 6.45) is 6.02. The topological polar surface area (TPSA) is 76.3 Å². The maximum Gasteiger partial charge on any atom is 0.233 e. The third-order valence-electron chi connectivity index (χ3n) is 6.66. The van der Waals surface area contributed by atoms with Gasteiger partial charge in [-0.25, -0.2) is 9.37 Å². The minimum atomic E-state index is -1.05. The molecule has 2 bridgehead atoms. The van der Waals surface area contributed by atoms with Crippen LogP contribution in [0.1, 0.15) is 26.2 Å². The van der Waals surface area contributed by atoms with E-state index in [2.05, 4.69) is 27.0 Å². The van der Waals surface area contributed by atoms with Crippen LogP contribution in [-0.4, -0.2) is 60.7 Å². The maximum absolute atomic E-state index is 14.9. The number of alkyl halides is 1. The van der Waals surface area contributed by atoms with Gasteiger partial charge in [-0.2, -0.15) is 0 Å². The van der Waals surface area contributed by atoms with Gasteiger partial charge in [-0.1, -0.05) is 0 Å². The van der Waals surface area contributed by atoms with Crippen LogP contribution in [0.3, 0.4) is 0 Å². The molecule has 4 atom stereocenters. The fourth-order valence-electron chi connectivity index (χ4n) is 4.74. The summed E-state index contributed by atoms with van der Waals surface area (Å²) >= 11 is 0. The van der Waals surface area contributed by atoms with Crippen molar-refractivity contribution in [3.8, 4) is 28.6 Å². The molecule has 156 valence electrons. The highest BCUT2D eigenvalue weighted by atomic mass is 19.1. The van der Waals surface area contributed by atoms with E-state index in [4.69, 9.17) is 4.74 Å². The normalized spacial score (nSPS) is 28.6. The molecule has 4 heterocycles. The van der Waals surface area contributed by atoms with Crippen LogP contribution < -0.4 is 4.74 Å². The molecule has 3 aromatic rings. The number of hydrogen-bond donors (Lipinski definition) is 1. The zero-order chi connectivity index (χ0) is 20.9. The van der Waals surface area contributed by atoms with Gasteiger partial charge in [0.05, 0.1) is 17.7 Å². The van der Waals surface area contributed by atoms with E-state index in [1.54, 1.807) is 47.6 Å². The summed E-state index contributed by atoms with van der Waals surface area (Å²) in [6, 6.07) is 8.60. The second-order valence-electron chi connectivity index (χ2n) is 8.45. The molecular weight excluding hydrogens is 385 g/mol. The predicted octanol–water partition coefficient (Wildman–Crippen LogP) is 3.38. The highest BCUT2D eigenvalue weighted by molar-refractivity contribution is 5.68. The van der Waals surface area contributed by atoms with E-state index in [9.17, 15) is 9.50 Å². The first-order valence-electron chi connectivity index (χ1n) is 10.1.